The van der Waals surface area contributed by atoms with Crippen LogP contribution in [0.4, 0.5) is 8.78 Å². The predicted molar refractivity (Wildman–Crippen MR) is 99.6 cm³/mol. The molecule has 1 aromatic rings. The zero-order valence-corrected chi connectivity index (χ0v) is 16.1. The molecule has 26 heavy (non-hydrogen) atoms. The van der Waals surface area contributed by atoms with Crippen LogP contribution < -0.4 is 9.47 Å². The van der Waals surface area contributed by atoms with E-state index in [1.54, 1.807) is 0 Å². The third-order valence-electron chi connectivity index (χ3n) is 6.02. The van der Waals surface area contributed by atoms with Gasteiger partial charge in [0.2, 0.25) is 11.6 Å². The third kappa shape index (κ3) is 4.69. The van der Waals surface area contributed by atoms with E-state index in [2.05, 4.69) is 13.8 Å². The molecule has 3 rings (SSSR count). The summed E-state index contributed by atoms with van der Waals surface area (Å²) >= 11 is 0. The second kappa shape index (κ2) is 9.05. The lowest BCUT2D eigenvalue weighted by atomic mass is 9.73. The van der Waals surface area contributed by atoms with E-state index in [-0.39, 0.29) is 11.5 Å². The number of hydrogen-bond acceptors (Lipinski definition) is 2. The van der Waals surface area contributed by atoms with Gasteiger partial charge in [-0.2, -0.15) is 8.78 Å². The van der Waals surface area contributed by atoms with Gasteiger partial charge in [0.25, 0.3) is 0 Å². The molecular formula is C22H32F2O2. The first kappa shape index (κ1) is 19.4. The second-order valence-electron chi connectivity index (χ2n) is 8.30. The van der Waals surface area contributed by atoms with E-state index in [1.165, 1.54) is 37.8 Å². The highest BCUT2D eigenvalue weighted by Gasteiger charge is 2.30. The molecule has 0 saturated heterocycles. The Morgan fingerprint density at radius 3 is 1.46 bits per heavy atom. The number of ether oxygens (including phenoxy) is 2. The van der Waals surface area contributed by atoms with Crippen molar-refractivity contribution in [3.05, 3.63) is 23.8 Å². The smallest absolute Gasteiger partial charge is 0.204 e. The van der Waals surface area contributed by atoms with Crippen molar-refractivity contribution in [2.24, 2.45) is 23.7 Å². The van der Waals surface area contributed by atoms with Crippen LogP contribution in [0.5, 0.6) is 11.5 Å². The first-order valence-electron chi connectivity index (χ1n) is 10.3. The highest BCUT2D eigenvalue weighted by Crippen LogP contribution is 2.39. The van der Waals surface area contributed by atoms with Crippen molar-refractivity contribution in [1.82, 2.24) is 0 Å². The van der Waals surface area contributed by atoms with Crippen LogP contribution in [0.3, 0.4) is 0 Å². The Balaban J connectivity index is 1.43. The molecule has 0 N–H and O–H groups in total. The molecule has 2 nitrogen and oxygen atoms in total. The van der Waals surface area contributed by atoms with E-state index in [4.69, 9.17) is 9.47 Å². The van der Waals surface area contributed by atoms with Crippen molar-refractivity contribution in [2.45, 2.75) is 65.2 Å². The molecule has 2 fully saturated rings. The minimum absolute atomic E-state index is 0.000413. The zero-order valence-electron chi connectivity index (χ0n) is 16.1. The van der Waals surface area contributed by atoms with Crippen molar-refractivity contribution in [3.63, 3.8) is 0 Å². The molecule has 0 aliphatic heterocycles. The van der Waals surface area contributed by atoms with Crippen LogP contribution in [-0.2, 0) is 0 Å². The summed E-state index contributed by atoms with van der Waals surface area (Å²) in [6.45, 7) is 5.33. The van der Waals surface area contributed by atoms with E-state index in [1.807, 2.05) is 0 Å². The normalized spacial score (nSPS) is 27.5. The molecule has 0 aromatic heterocycles. The molecule has 2 aliphatic carbocycles. The van der Waals surface area contributed by atoms with Crippen molar-refractivity contribution >= 4 is 0 Å². The fraction of sp³-hybridized carbons (Fsp3) is 0.727. The molecule has 0 bridgehead atoms. The van der Waals surface area contributed by atoms with Gasteiger partial charge in [0, 0.05) is 0 Å². The van der Waals surface area contributed by atoms with Gasteiger partial charge in [-0.15, -0.1) is 0 Å². The van der Waals surface area contributed by atoms with Gasteiger partial charge < -0.3 is 9.47 Å². The molecule has 0 radical (unpaired) electrons. The van der Waals surface area contributed by atoms with Gasteiger partial charge in [0.1, 0.15) is 0 Å². The lowest BCUT2D eigenvalue weighted by molar-refractivity contribution is 0.107. The first-order valence-corrected chi connectivity index (χ1v) is 10.3. The molecule has 2 saturated carbocycles. The highest BCUT2D eigenvalue weighted by molar-refractivity contribution is 5.35. The summed E-state index contributed by atoms with van der Waals surface area (Å²) in [7, 11) is 0. The lowest BCUT2D eigenvalue weighted by Crippen LogP contribution is -2.29. The monoisotopic (exact) mass is 366 g/mol. The van der Waals surface area contributed by atoms with Crippen LogP contribution in [-0.4, -0.2) is 13.2 Å². The average molecular weight is 366 g/mol. The van der Waals surface area contributed by atoms with Gasteiger partial charge in [-0.25, -0.2) is 0 Å². The summed E-state index contributed by atoms with van der Waals surface area (Å²) in [5.41, 5.74) is 0. The van der Waals surface area contributed by atoms with E-state index < -0.39 is 11.6 Å². The fourth-order valence-electron chi connectivity index (χ4n) is 4.46. The third-order valence-corrected chi connectivity index (χ3v) is 6.02. The lowest BCUT2D eigenvalue weighted by Gasteiger charge is -2.35. The maximum Gasteiger partial charge on any atom is 0.204 e. The molecule has 2 aliphatic rings. The molecule has 0 heterocycles. The minimum atomic E-state index is -0.926. The molecule has 1 aromatic carbocycles. The van der Waals surface area contributed by atoms with Crippen molar-refractivity contribution in [2.75, 3.05) is 13.2 Å². The quantitative estimate of drug-likeness (QED) is 0.479. The van der Waals surface area contributed by atoms with Crippen molar-refractivity contribution in [3.8, 4) is 11.5 Å². The molecule has 4 heteroatoms. The number of benzene rings is 1. The zero-order chi connectivity index (χ0) is 18.5. The summed E-state index contributed by atoms with van der Waals surface area (Å²) in [6, 6.07) is 2.99. The van der Waals surface area contributed by atoms with Gasteiger partial charge in [-0.05, 0) is 61.5 Å². The first-order chi connectivity index (χ1) is 12.6. The Kier molecular flexibility index (Phi) is 6.77. The summed E-state index contributed by atoms with van der Waals surface area (Å²) in [6.07, 6.45) is 9.48. The van der Waals surface area contributed by atoms with Crippen molar-refractivity contribution in [1.29, 1.82) is 0 Å². The molecule has 0 spiro atoms. The second-order valence-corrected chi connectivity index (χ2v) is 8.30. The van der Waals surface area contributed by atoms with Gasteiger partial charge in [0.15, 0.2) is 11.5 Å². The minimum Gasteiger partial charge on any atom is -0.490 e. The SMILES string of the molecule is CCCC1CC(COc2ccc(OCC3CC(CCC)C3)c(F)c2F)C1. The van der Waals surface area contributed by atoms with Gasteiger partial charge >= 0.3 is 0 Å². The summed E-state index contributed by atoms with van der Waals surface area (Å²) in [5, 5.41) is 0. The number of rotatable bonds is 10. The molecule has 146 valence electrons. The predicted octanol–water partition coefficient (Wildman–Crippen LogP) is 6.38. The molecule has 0 amide bonds. The van der Waals surface area contributed by atoms with Crippen LogP contribution in [0, 0.1) is 35.3 Å². The largest absolute Gasteiger partial charge is 0.490 e. The van der Waals surface area contributed by atoms with Gasteiger partial charge in [-0.1, -0.05) is 39.5 Å². The summed E-state index contributed by atoms with van der Waals surface area (Å²) < 4.78 is 39.5. The number of halogens is 2. The maximum absolute atomic E-state index is 14.2. The van der Waals surface area contributed by atoms with Crippen molar-refractivity contribution < 1.29 is 18.3 Å². The number of hydrogen-bond donors (Lipinski definition) is 0. The van der Waals surface area contributed by atoms with E-state index in [9.17, 15) is 8.78 Å². The molecule has 0 atom stereocenters. The standard InChI is InChI=1S/C22H32F2O2/c1-3-5-15-9-17(10-15)13-25-19-7-8-20(22(24)21(19)23)26-14-18-11-16(12-18)6-4-2/h7-8,15-18H,3-6,9-14H2,1-2H3. The van der Waals surface area contributed by atoms with E-state index in [0.29, 0.717) is 25.0 Å². The summed E-state index contributed by atoms with van der Waals surface area (Å²) in [4.78, 5) is 0. The van der Waals surface area contributed by atoms with Crippen LogP contribution in [0.25, 0.3) is 0 Å². The van der Waals surface area contributed by atoms with Crippen LogP contribution >= 0.6 is 0 Å². The Morgan fingerprint density at radius 2 is 1.12 bits per heavy atom. The Bertz CT molecular complexity index is 527. The maximum atomic E-state index is 14.2. The Hall–Kier alpha value is -1.32. The van der Waals surface area contributed by atoms with Crippen LogP contribution in [0.2, 0.25) is 0 Å². The van der Waals surface area contributed by atoms with Crippen LogP contribution in [0.15, 0.2) is 12.1 Å². The summed E-state index contributed by atoms with van der Waals surface area (Å²) in [5.74, 6) is 0.665. The molecular weight excluding hydrogens is 334 g/mol. The van der Waals surface area contributed by atoms with Gasteiger partial charge in [0.05, 0.1) is 13.2 Å². The van der Waals surface area contributed by atoms with Crippen LogP contribution in [0.1, 0.15) is 65.2 Å². The van der Waals surface area contributed by atoms with E-state index in [0.717, 1.165) is 37.5 Å². The average Bonchev–Trinajstić information content (AvgIpc) is 2.56. The Labute approximate surface area is 156 Å². The fourth-order valence-corrected chi connectivity index (χ4v) is 4.46. The Morgan fingerprint density at radius 1 is 0.731 bits per heavy atom. The topological polar surface area (TPSA) is 18.5 Å². The van der Waals surface area contributed by atoms with E-state index >= 15 is 0 Å². The van der Waals surface area contributed by atoms with Gasteiger partial charge in [-0.3, -0.25) is 0 Å². The highest BCUT2D eigenvalue weighted by atomic mass is 19.2. The molecule has 0 unspecified atom stereocenters.